The van der Waals surface area contributed by atoms with Crippen LogP contribution in [0.4, 0.5) is 14.5 Å². The Labute approximate surface area is 188 Å². The van der Waals surface area contributed by atoms with Gasteiger partial charge in [0.25, 0.3) is 0 Å². The van der Waals surface area contributed by atoms with Crippen molar-refractivity contribution in [3.8, 4) is 0 Å². The van der Waals surface area contributed by atoms with Crippen LogP contribution in [0.25, 0.3) is 5.57 Å². The zero-order chi connectivity index (χ0) is 23.4. The number of aliphatic imine (C=N–C) groups is 1. The molecule has 0 aliphatic carbocycles. The molecule has 0 amide bonds. The average Bonchev–Trinajstić information content (AvgIpc) is 3.25. The van der Waals surface area contributed by atoms with E-state index in [1.54, 1.807) is 32.2 Å². The quantitative estimate of drug-likeness (QED) is 0.370. The average molecular weight is 435 g/mol. The number of benzene rings is 2. The fourth-order valence-corrected chi connectivity index (χ4v) is 3.82. The first-order valence-electron chi connectivity index (χ1n) is 10.7. The van der Waals surface area contributed by atoms with E-state index in [0.29, 0.717) is 17.6 Å². The van der Waals surface area contributed by atoms with Gasteiger partial charge in [-0.05, 0) is 74.6 Å². The van der Waals surface area contributed by atoms with E-state index < -0.39 is 11.6 Å². The molecule has 1 aliphatic heterocycles. The predicted octanol–water partition coefficient (Wildman–Crippen LogP) is 7.19. The molecule has 0 saturated heterocycles. The number of rotatable bonds is 7. The van der Waals surface area contributed by atoms with Crippen molar-refractivity contribution in [3.63, 3.8) is 0 Å². The maximum absolute atomic E-state index is 14.5. The van der Waals surface area contributed by atoms with Gasteiger partial charge < -0.3 is 5.32 Å². The van der Waals surface area contributed by atoms with Crippen molar-refractivity contribution < 1.29 is 13.6 Å². The molecule has 0 aromatic heterocycles. The highest BCUT2D eigenvalue weighted by atomic mass is 19.2. The molecular formula is C27H28F2N2O. The van der Waals surface area contributed by atoms with Crippen molar-refractivity contribution in [1.82, 2.24) is 0 Å². The monoisotopic (exact) mass is 434 g/mol. The topological polar surface area (TPSA) is 41.5 Å². The van der Waals surface area contributed by atoms with Crippen LogP contribution in [0.1, 0.15) is 61.2 Å². The summed E-state index contributed by atoms with van der Waals surface area (Å²) in [6.45, 7) is 9.03. The fourth-order valence-electron chi connectivity index (χ4n) is 3.82. The highest BCUT2D eigenvalue weighted by Crippen LogP contribution is 2.31. The highest BCUT2D eigenvalue weighted by Gasteiger charge is 2.22. The number of Topliss-reactive ketones (excluding diaryl/α,β-unsaturated/α-hetero) is 1. The smallest absolute Gasteiger partial charge is 0.166 e. The first-order valence-corrected chi connectivity index (χ1v) is 10.7. The van der Waals surface area contributed by atoms with Gasteiger partial charge in [-0.15, -0.1) is 0 Å². The van der Waals surface area contributed by atoms with E-state index in [0.717, 1.165) is 34.7 Å². The molecule has 0 spiro atoms. The number of aryl methyl sites for hydroxylation is 2. The van der Waals surface area contributed by atoms with Gasteiger partial charge >= 0.3 is 0 Å². The molecule has 0 radical (unpaired) electrons. The van der Waals surface area contributed by atoms with Crippen molar-refractivity contribution in [2.24, 2.45) is 4.99 Å². The van der Waals surface area contributed by atoms with Crippen LogP contribution in [0.2, 0.25) is 0 Å². The van der Waals surface area contributed by atoms with E-state index >= 15 is 0 Å². The molecule has 2 aromatic rings. The number of carbonyl (C=O) groups excluding carboxylic acids is 1. The number of anilines is 1. The molecule has 0 bridgehead atoms. The lowest BCUT2D eigenvalue weighted by Gasteiger charge is -2.16. The molecule has 0 atom stereocenters. The summed E-state index contributed by atoms with van der Waals surface area (Å²) in [7, 11) is 0. The summed E-state index contributed by atoms with van der Waals surface area (Å²) >= 11 is 0. The van der Waals surface area contributed by atoms with Gasteiger partial charge in [0.15, 0.2) is 17.4 Å². The molecule has 0 fully saturated rings. The number of allylic oxidation sites excluding steroid dienone is 5. The second kappa shape index (κ2) is 9.86. The molecule has 166 valence electrons. The minimum absolute atomic E-state index is 0.0376. The lowest BCUT2D eigenvalue weighted by molar-refractivity contribution is 0.101. The second-order valence-electron chi connectivity index (χ2n) is 7.93. The van der Waals surface area contributed by atoms with Gasteiger partial charge in [0.05, 0.1) is 11.4 Å². The number of carbonyl (C=O) groups is 1. The summed E-state index contributed by atoms with van der Waals surface area (Å²) in [5.74, 6) is -1.63. The Kier molecular flexibility index (Phi) is 7.18. The predicted molar refractivity (Wildman–Crippen MR) is 128 cm³/mol. The summed E-state index contributed by atoms with van der Waals surface area (Å²) < 4.78 is 28.6. The van der Waals surface area contributed by atoms with Gasteiger partial charge in [-0.2, -0.15) is 0 Å². The molecule has 0 saturated carbocycles. The number of nitrogens with one attached hydrogen (secondary N) is 1. The molecule has 5 heteroatoms. The zero-order valence-corrected chi connectivity index (χ0v) is 19.1. The van der Waals surface area contributed by atoms with Crippen molar-refractivity contribution in [2.75, 3.05) is 5.32 Å². The summed E-state index contributed by atoms with van der Waals surface area (Å²) in [6.07, 6.45) is 6.63. The van der Waals surface area contributed by atoms with Crippen LogP contribution in [0.3, 0.4) is 0 Å². The second-order valence-corrected chi connectivity index (χ2v) is 7.93. The lowest BCUT2D eigenvalue weighted by Crippen LogP contribution is -2.13. The molecule has 1 heterocycles. The molecule has 1 aliphatic rings. The van der Waals surface area contributed by atoms with Crippen molar-refractivity contribution in [3.05, 3.63) is 93.8 Å². The van der Waals surface area contributed by atoms with Crippen LogP contribution in [-0.2, 0) is 6.42 Å². The fraction of sp³-hybridized carbons (Fsp3) is 0.259. The number of hydrogen-bond acceptors (Lipinski definition) is 3. The van der Waals surface area contributed by atoms with Crippen molar-refractivity contribution >= 4 is 22.8 Å². The number of halogens is 2. The standard InChI is InChI=1S/C27H28F2N2O/c1-6-8-17(4)27(31-21-10-12-22(18(5)32)19(7-2)13-21)24-14-20(15-30-24)23-11-9-16(3)25(28)26(23)29/h6,8-13,15,31H,7,14H2,1-5H3/b8-6-,27-17+. The van der Waals surface area contributed by atoms with Crippen LogP contribution in [0, 0.1) is 18.6 Å². The lowest BCUT2D eigenvalue weighted by atomic mass is 9.97. The van der Waals surface area contributed by atoms with Crippen LogP contribution in [0.5, 0.6) is 0 Å². The summed E-state index contributed by atoms with van der Waals surface area (Å²) in [5, 5.41) is 3.44. The molecule has 0 unspecified atom stereocenters. The molecular weight excluding hydrogens is 406 g/mol. The summed E-state index contributed by atoms with van der Waals surface area (Å²) in [5.41, 5.74) is 6.17. The Balaban J connectivity index is 1.92. The van der Waals surface area contributed by atoms with Gasteiger partial charge in [0.1, 0.15) is 0 Å². The van der Waals surface area contributed by atoms with Crippen LogP contribution in [0.15, 0.2) is 64.9 Å². The van der Waals surface area contributed by atoms with E-state index in [4.69, 9.17) is 0 Å². The van der Waals surface area contributed by atoms with Crippen LogP contribution < -0.4 is 5.32 Å². The highest BCUT2D eigenvalue weighted by molar-refractivity contribution is 6.11. The molecule has 2 aromatic carbocycles. The van der Waals surface area contributed by atoms with Gasteiger partial charge in [-0.1, -0.05) is 31.2 Å². The molecule has 3 nitrogen and oxygen atoms in total. The third-order valence-corrected chi connectivity index (χ3v) is 5.59. The molecule has 32 heavy (non-hydrogen) atoms. The molecule has 3 rings (SSSR count). The SMILES string of the molecule is C/C=C\C(C)=C(\Nc1ccc(C(C)=O)c(CC)c1)C1=NC=C(c2ccc(C)c(F)c2F)C1. The summed E-state index contributed by atoms with van der Waals surface area (Å²) in [6, 6.07) is 8.85. The zero-order valence-electron chi connectivity index (χ0n) is 19.1. The van der Waals surface area contributed by atoms with Gasteiger partial charge in [-0.3, -0.25) is 9.79 Å². The number of hydrogen-bond donors (Lipinski definition) is 1. The summed E-state index contributed by atoms with van der Waals surface area (Å²) in [4.78, 5) is 16.4. The Bertz CT molecular complexity index is 1190. The number of nitrogens with zero attached hydrogens (tertiary/aromatic N) is 1. The minimum Gasteiger partial charge on any atom is -0.354 e. The van der Waals surface area contributed by atoms with E-state index in [1.807, 2.05) is 51.1 Å². The van der Waals surface area contributed by atoms with Gasteiger partial charge in [0.2, 0.25) is 0 Å². The maximum Gasteiger partial charge on any atom is 0.166 e. The van der Waals surface area contributed by atoms with Gasteiger partial charge in [0, 0.05) is 29.4 Å². The Morgan fingerprint density at radius 3 is 2.56 bits per heavy atom. The van der Waals surface area contributed by atoms with Crippen molar-refractivity contribution in [2.45, 2.75) is 47.5 Å². The van der Waals surface area contributed by atoms with Gasteiger partial charge in [-0.25, -0.2) is 8.78 Å². The Morgan fingerprint density at radius 2 is 1.91 bits per heavy atom. The van der Waals surface area contributed by atoms with Crippen molar-refractivity contribution in [1.29, 1.82) is 0 Å². The first kappa shape index (κ1) is 23.3. The Hall–Kier alpha value is -3.34. The largest absolute Gasteiger partial charge is 0.354 e. The Morgan fingerprint density at radius 1 is 1.16 bits per heavy atom. The maximum atomic E-state index is 14.5. The molecule has 1 N–H and O–H groups in total. The number of ketones is 1. The van der Waals surface area contributed by atoms with E-state index in [1.165, 1.54) is 0 Å². The van der Waals surface area contributed by atoms with E-state index in [2.05, 4.69) is 10.3 Å². The normalized spacial score (nSPS) is 14.3. The van der Waals surface area contributed by atoms with E-state index in [-0.39, 0.29) is 16.9 Å². The third-order valence-electron chi connectivity index (χ3n) is 5.59. The third kappa shape index (κ3) is 4.77. The van der Waals surface area contributed by atoms with E-state index in [9.17, 15) is 13.6 Å². The van der Waals surface area contributed by atoms with Crippen LogP contribution >= 0.6 is 0 Å². The first-order chi connectivity index (χ1) is 15.3. The minimum atomic E-state index is -0.844. The van der Waals surface area contributed by atoms with Crippen LogP contribution in [-0.4, -0.2) is 11.5 Å².